The largest absolute Gasteiger partial charge is 0.356 e. The Kier molecular flexibility index (Phi) is 5.04. The topological polar surface area (TPSA) is 71.6 Å². The van der Waals surface area contributed by atoms with E-state index < -0.39 is 0 Å². The lowest BCUT2D eigenvalue weighted by Gasteiger charge is -2.34. The van der Waals surface area contributed by atoms with Crippen LogP contribution < -0.4 is 4.90 Å². The van der Waals surface area contributed by atoms with Crippen LogP contribution in [0.2, 0.25) is 0 Å². The maximum atomic E-state index is 13.7. The van der Waals surface area contributed by atoms with E-state index in [-0.39, 0.29) is 11.9 Å². The molecule has 2 fully saturated rings. The number of para-hydroxylation sites is 2. The van der Waals surface area contributed by atoms with Gasteiger partial charge in [0.2, 0.25) is 0 Å². The van der Waals surface area contributed by atoms with E-state index in [0.29, 0.717) is 18.3 Å². The van der Waals surface area contributed by atoms with Crippen molar-refractivity contribution in [1.82, 2.24) is 29.0 Å². The average molecular weight is 458 g/mol. The zero-order chi connectivity index (χ0) is 23.4. The van der Waals surface area contributed by atoms with Gasteiger partial charge in [0.05, 0.1) is 22.8 Å². The van der Waals surface area contributed by atoms with Gasteiger partial charge < -0.3 is 14.4 Å². The molecule has 0 bridgehead atoms. The average Bonchev–Trinajstić information content (AvgIpc) is 3.55. The molecule has 2 saturated heterocycles. The first-order chi connectivity index (χ1) is 16.5. The number of likely N-dealkylation sites (tertiary alicyclic amines) is 1. The number of carbonyl (C=O) groups excluding carboxylic acids is 1. The molecule has 5 heterocycles. The number of hydrogen-bond acceptors (Lipinski definition) is 5. The number of imidazole rings is 1. The van der Waals surface area contributed by atoms with E-state index in [1.54, 1.807) is 0 Å². The van der Waals surface area contributed by atoms with Gasteiger partial charge in [-0.05, 0) is 50.7 Å². The molecule has 176 valence electrons. The third kappa shape index (κ3) is 3.43. The van der Waals surface area contributed by atoms with Crippen LogP contribution in [0.5, 0.6) is 0 Å². The van der Waals surface area contributed by atoms with Crippen LogP contribution in [0, 0.1) is 12.8 Å². The van der Waals surface area contributed by atoms with Crippen molar-refractivity contribution >= 4 is 28.4 Å². The molecular formula is C26H31N7O. The molecule has 8 heteroatoms. The highest BCUT2D eigenvalue weighted by molar-refractivity contribution is 5.95. The molecule has 0 radical (unpaired) electrons. The number of anilines is 1. The number of hydrogen-bond donors (Lipinski definition) is 0. The quantitative estimate of drug-likeness (QED) is 0.462. The molecule has 4 aromatic rings. The van der Waals surface area contributed by atoms with E-state index in [9.17, 15) is 4.79 Å². The summed E-state index contributed by atoms with van der Waals surface area (Å²) in [6, 6.07) is 9.88. The van der Waals surface area contributed by atoms with E-state index in [2.05, 4.69) is 36.0 Å². The number of rotatable bonds is 3. The number of piperidine rings is 1. The number of amides is 1. The third-order valence-corrected chi connectivity index (χ3v) is 7.43. The smallest absolute Gasteiger partial charge is 0.290 e. The van der Waals surface area contributed by atoms with Gasteiger partial charge in [0, 0.05) is 44.5 Å². The molecule has 0 aliphatic carbocycles. The maximum Gasteiger partial charge on any atom is 0.290 e. The van der Waals surface area contributed by atoms with Crippen molar-refractivity contribution in [3.8, 4) is 0 Å². The van der Waals surface area contributed by atoms with Gasteiger partial charge >= 0.3 is 0 Å². The highest BCUT2D eigenvalue weighted by Crippen LogP contribution is 2.33. The van der Waals surface area contributed by atoms with Gasteiger partial charge in [-0.3, -0.25) is 4.79 Å². The Hall–Kier alpha value is -3.42. The van der Waals surface area contributed by atoms with E-state index in [1.165, 1.54) is 6.42 Å². The fourth-order valence-electron chi connectivity index (χ4n) is 5.58. The minimum absolute atomic E-state index is 0.0312. The zero-order valence-corrected chi connectivity index (χ0v) is 20.1. The van der Waals surface area contributed by atoms with Crippen molar-refractivity contribution in [1.29, 1.82) is 0 Å². The number of aryl methyl sites for hydroxylation is 2. The summed E-state index contributed by atoms with van der Waals surface area (Å²) in [5.41, 5.74) is 4.70. The first-order valence-electron chi connectivity index (χ1n) is 12.3. The molecule has 2 aliphatic rings. The van der Waals surface area contributed by atoms with E-state index in [4.69, 9.17) is 10.1 Å². The standard InChI is InChI=1S/C26H31N7O/c1-17-11-13-31(15-17)24-18(2)16-33-23(28-24)14-20(29-33)22-10-6-7-12-32(22)26(34)25-27-19-8-4-5-9-21(19)30(25)3/h4-5,8-9,14,16-17,22H,6-7,10-13,15H2,1-3H3/t17-,22-/m0/s1. The van der Waals surface area contributed by atoms with Crippen LogP contribution in [0.1, 0.15) is 60.5 Å². The van der Waals surface area contributed by atoms with Gasteiger partial charge in [-0.15, -0.1) is 0 Å². The summed E-state index contributed by atoms with van der Waals surface area (Å²) in [5.74, 6) is 2.20. The minimum Gasteiger partial charge on any atom is -0.356 e. The first-order valence-corrected chi connectivity index (χ1v) is 12.3. The molecule has 8 nitrogen and oxygen atoms in total. The van der Waals surface area contributed by atoms with E-state index in [1.807, 2.05) is 45.3 Å². The molecule has 2 atom stereocenters. The van der Waals surface area contributed by atoms with Crippen molar-refractivity contribution in [3.63, 3.8) is 0 Å². The number of benzene rings is 1. The molecule has 0 spiro atoms. The second kappa shape index (κ2) is 8.11. The first kappa shape index (κ1) is 21.1. The number of nitrogens with zero attached hydrogens (tertiary/aromatic N) is 7. The second-order valence-electron chi connectivity index (χ2n) is 9.95. The minimum atomic E-state index is -0.0710. The Balaban J connectivity index is 1.35. The van der Waals surface area contributed by atoms with Gasteiger partial charge in [-0.1, -0.05) is 19.1 Å². The van der Waals surface area contributed by atoms with Gasteiger partial charge in [0.25, 0.3) is 5.91 Å². The summed E-state index contributed by atoms with van der Waals surface area (Å²) in [6.45, 7) is 7.21. The van der Waals surface area contributed by atoms with Crippen LogP contribution in [0.3, 0.4) is 0 Å². The summed E-state index contributed by atoms with van der Waals surface area (Å²) in [6.07, 6.45) is 6.25. The molecular weight excluding hydrogens is 426 g/mol. The molecule has 0 unspecified atom stereocenters. The summed E-state index contributed by atoms with van der Waals surface area (Å²) in [5, 5.41) is 4.89. The second-order valence-corrected chi connectivity index (χ2v) is 9.95. The van der Waals surface area contributed by atoms with Crippen molar-refractivity contribution < 1.29 is 4.79 Å². The van der Waals surface area contributed by atoms with Crippen LogP contribution in [0.25, 0.3) is 16.7 Å². The van der Waals surface area contributed by atoms with Crippen LogP contribution in [-0.2, 0) is 7.05 Å². The lowest BCUT2D eigenvalue weighted by atomic mass is 9.99. The van der Waals surface area contributed by atoms with Crippen LogP contribution in [-0.4, -0.2) is 54.6 Å². The number of carbonyl (C=O) groups is 1. The summed E-state index contributed by atoms with van der Waals surface area (Å²) >= 11 is 0. The molecule has 2 aliphatic heterocycles. The van der Waals surface area contributed by atoms with Crippen LogP contribution in [0.15, 0.2) is 36.5 Å². The summed E-state index contributed by atoms with van der Waals surface area (Å²) in [4.78, 5) is 27.7. The Morgan fingerprint density at radius 1 is 1.09 bits per heavy atom. The van der Waals surface area contributed by atoms with Crippen LogP contribution >= 0.6 is 0 Å². The molecule has 6 rings (SSSR count). The fourth-order valence-corrected chi connectivity index (χ4v) is 5.58. The lowest BCUT2D eigenvalue weighted by Crippen LogP contribution is -2.39. The summed E-state index contributed by atoms with van der Waals surface area (Å²) in [7, 11) is 1.92. The van der Waals surface area contributed by atoms with Gasteiger partial charge in [0.1, 0.15) is 5.82 Å². The van der Waals surface area contributed by atoms with Gasteiger partial charge in [-0.25, -0.2) is 14.5 Å². The Labute approximate surface area is 199 Å². The summed E-state index contributed by atoms with van der Waals surface area (Å²) < 4.78 is 3.78. The molecule has 3 aromatic heterocycles. The monoisotopic (exact) mass is 457 g/mol. The van der Waals surface area contributed by atoms with Gasteiger partial charge in [0.15, 0.2) is 11.5 Å². The third-order valence-electron chi connectivity index (χ3n) is 7.43. The highest BCUT2D eigenvalue weighted by Gasteiger charge is 2.33. The lowest BCUT2D eigenvalue weighted by molar-refractivity contribution is 0.0590. The zero-order valence-electron chi connectivity index (χ0n) is 20.1. The molecule has 34 heavy (non-hydrogen) atoms. The van der Waals surface area contributed by atoms with Crippen molar-refractivity contribution in [2.75, 3.05) is 24.5 Å². The predicted molar refractivity (Wildman–Crippen MR) is 132 cm³/mol. The van der Waals surface area contributed by atoms with E-state index in [0.717, 1.165) is 66.1 Å². The molecule has 1 aromatic carbocycles. The Morgan fingerprint density at radius 2 is 1.94 bits per heavy atom. The van der Waals surface area contributed by atoms with Gasteiger partial charge in [-0.2, -0.15) is 5.10 Å². The molecule has 1 amide bonds. The number of aromatic nitrogens is 5. The van der Waals surface area contributed by atoms with Crippen molar-refractivity contribution in [3.05, 3.63) is 53.6 Å². The Bertz CT molecular complexity index is 1390. The Morgan fingerprint density at radius 3 is 2.74 bits per heavy atom. The predicted octanol–water partition coefficient (Wildman–Crippen LogP) is 4.14. The SMILES string of the molecule is Cc1cn2nc([C@@H]3CCCCN3C(=O)c3nc4ccccc4n3C)cc2nc1N1CC[C@H](C)C1. The fraction of sp³-hybridized carbons (Fsp3) is 0.462. The number of fused-ring (bicyclic) bond motifs is 2. The van der Waals surface area contributed by atoms with Crippen molar-refractivity contribution in [2.45, 2.75) is 45.6 Å². The normalized spacial score (nSPS) is 21.1. The molecule has 0 saturated carbocycles. The molecule has 0 N–H and O–H groups in total. The van der Waals surface area contributed by atoms with Crippen molar-refractivity contribution in [2.24, 2.45) is 13.0 Å². The maximum absolute atomic E-state index is 13.7. The highest BCUT2D eigenvalue weighted by atomic mass is 16.2. The van der Waals surface area contributed by atoms with Crippen LogP contribution in [0.4, 0.5) is 5.82 Å². The van der Waals surface area contributed by atoms with E-state index >= 15 is 0 Å².